The summed E-state index contributed by atoms with van der Waals surface area (Å²) in [6.07, 6.45) is 4.35. The van der Waals surface area contributed by atoms with Crippen molar-refractivity contribution in [3.05, 3.63) is 59.9 Å². The van der Waals surface area contributed by atoms with Crippen molar-refractivity contribution in [1.29, 1.82) is 0 Å². The van der Waals surface area contributed by atoms with Gasteiger partial charge in [-0.1, -0.05) is 30.7 Å². The lowest BCUT2D eigenvalue weighted by Gasteiger charge is -2.20. The van der Waals surface area contributed by atoms with Gasteiger partial charge in [0.1, 0.15) is 11.4 Å². The van der Waals surface area contributed by atoms with Gasteiger partial charge in [-0.05, 0) is 44.0 Å². The molecule has 0 spiro atoms. The molecular weight excluding hydrogens is 464 g/mol. The molecule has 3 N–H and O–H groups in total. The Kier molecular flexibility index (Phi) is 6.29. The Labute approximate surface area is 207 Å². The van der Waals surface area contributed by atoms with E-state index < -0.39 is 11.6 Å². The molecule has 3 heterocycles. The average molecular weight is 491 g/mol. The van der Waals surface area contributed by atoms with Gasteiger partial charge in [-0.3, -0.25) is 14.9 Å². The van der Waals surface area contributed by atoms with Gasteiger partial charge in [-0.15, -0.1) is 22.0 Å². The van der Waals surface area contributed by atoms with Crippen LogP contribution in [0.25, 0.3) is 11.4 Å². The summed E-state index contributed by atoms with van der Waals surface area (Å²) in [6, 6.07) is 14.3. The van der Waals surface area contributed by atoms with Crippen molar-refractivity contribution in [2.24, 2.45) is 0 Å². The number of nitrogens with one attached hydrogen (secondary N) is 3. The molecule has 3 aromatic rings. The summed E-state index contributed by atoms with van der Waals surface area (Å²) >= 11 is 1.35. The highest BCUT2D eigenvalue weighted by Crippen LogP contribution is 2.29. The predicted molar refractivity (Wildman–Crippen MR) is 133 cm³/mol. The molecule has 1 unspecified atom stereocenters. The summed E-state index contributed by atoms with van der Waals surface area (Å²) in [6.45, 7) is 2.57. The lowest BCUT2D eigenvalue weighted by Crippen LogP contribution is -2.46. The molecule has 2 aliphatic rings. The van der Waals surface area contributed by atoms with E-state index in [9.17, 15) is 14.4 Å². The van der Waals surface area contributed by atoms with Crippen molar-refractivity contribution in [3.63, 3.8) is 0 Å². The van der Waals surface area contributed by atoms with Gasteiger partial charge in [-0.2, -0.15) is 0 Å². The Morgan fingerprint density at radius 1 is 1.11 bits per heavy atom. The minimum atomic E-state index is -1.03. The van der Waals surface area contributed by atoms with Gasteiger partial charge in [-0.25, -0.2) is 4.79 Å². The van der Waals surface area contributed by atoms with Crippen LogP contribution < -0.4 is 16.0 Å². The largest absolute Gasteiger partial charge is 0.323 e. The number of imide groups is 1. The van der Waals surface area contributed by atoms with E-state index in [1.54, 1.807) is 19.1 Å². The highest BCUT2D eigenvalue weighted by atomic mass is 32.2. The zero-order valence-corrected chi connectivity index (χ0v) is 20.2. The second kappa shape index (κ2) is 9.53. The second-order valence-corrected chi connectivity index (χ2v) is 9.98. The number of thioether (sulfide) groups is 1. The van der Waals surface area contributed by atoms with Crippen molar-refractivity contribution in [2.75, 3.05) is 11.1 Å². The van der Waals surface area contributed by atoms with Crippen LogP contribution in [0, 0.1) is 0 Å². The Balaban J connectivity index is 1.33. The average Bonchev–Trinajstić information content (AvgIpc) is 3.26. The molecule has 180 valence electrons. The maximum Gasteiger partial charge on any atom is 0.322 e. The van der Waals surface area contributed by atoms with Crippen LogP contribution in [-0.4, -0.2) is 43.9 Å². The predicted octanol–water partition coefficient (Wildman–Crippen LogP) is 3.61. The van der Waals surface area contributed by atoms with Gasteiger partial charge in [0.05, 0.1) is 5.56 Å². The zero-order chi connectivity index (χ0) is 24.4. The van der Waals surface area contributed by atoms with Crippen LogP contribution in [0.15, 0.2) is 53.4 Å². The van der Waals surface area contributed by atoms with Crippen LogP contribution in [-0.2, 0) is 17.8 Å². The fourth-order valence-corrected chi connectivity index (χ4v) is 5.45. The molecule has 10 heteroatoms. The number of urea groups is 1. The first-order chi connectivity index (χ1) is 16.9. The Bertz CT molecular complexity index is 1310. The summed E-state index contributed by atoms with van der Waals surface area (Å²) in [5.74, 6) is 1.50. The monoisotopic (exact) mass is 490 g/mol. The number of nitrogens with zero attached hydrogens (tertiary/aromatic N) is 3. The van der Waals surface area contributed by atoms with E-state index in [4.69, 9.17) is 0 Å². The first kappa shape index (κ1) is 23.1. The van der Waals surface area contributed by atoms with Gasteiger partial charge in [0.2, 0.25) is 0 Å². The summed E-state index contributed by atoms with van der Waals surface area (Å²) in [5.41, 5.74) is 1.03. The van der Waals surface area contributed by atoms with E-state index in [2.05, 4.69) is 30.7 Å². The Morgan fingerprint density at radius 2 is 1.97 bits per heavy atom. The molecule has 5 rings (SSSR count). The molecule has 4 amide bonds. The lowest BCUT2D eigenvalue weighted by molar-refractivity contribution is -0.122. The highest BCUT2D eigenvalue weighted by Gasteiger charge is 2.41. The van der Waals surface area contributed by atoms with Crippen molar-refractivity contribution in [3.8, 4) is 11.4 Å². The number of benzene rings is 2. The topological polar surface area (TPSA) is 118 Å². The summed E-state index contributed by atoms with van der Waals surface area (Å²) < 4.78 is 2.18. The van der Waals surface area contributed by atoms with Crippen molar-refractivity contribution in [2.45, 2.75) is 49.6 Å². The molecule has 0 saturated carbocycles. The number of hydrogen-bond donors (Lipinski definition) is 3. The van der Waals surface area contributed by atoms with Gasteiger partial charge in [0.25, 0.3) is 11.8 Å². The van der Waals surface area contributed by atoms with Crippen LogP contribution >= 0.6 is 11.8 Å². The molecular formula is C25H26N6O3S. The molecule has 1 aromatic heterocycles. The highest BCUT2D eigenvalue weighted by molar-refractivity contribution is 7.99. The number of aryl methyl sites for hydroxylation is 1. The first-order valence-corrected chi connectivity index (χ1v) is 12.6. The summed E-state index contributed by atoms with van der Waals surface area (Å²) in [4.78, 5) is 37.6. The minimum absolute atomic E-state index is 0.254. The van der Waals surface area contributed by atoms with Gasteiger partial charge < -0.3 is 15.2 Å². The van der Waals surface area contributed by atoms with E-state index in [0.29, 0.717) is 17.0 Å². The minimum Gasteiger partial charge on any atom is -0.323 e. The number of carbonyl (C=O) groups is 3. The van der Waals surface area contributed by atoms with Crippen LogP contribution in [0.1, 0.15) is 42.4 Å². The van der Waals surface area contributed by atoms with Crippen molar-refractivity contribution < 1.29 is 14.4 Å². The maximum atomic E-state index is 13.2. The van der Waals surface area contributed by atoms with E-state index in [1.165, 1.54) is 18.2 Å². The number of hydrogen-bond acceptors (Lipinski definition) is 6. The Morgan fingerprint density at radius 3 is 2.80 bits per heavy atom. The molecule has 1 atom stereocenters. The quantitative estimate of drug-likeness (QED) is 0.359. The van der Waals surface area contributed by atoms with Gasteiger partial charge in [0.15, 0.2) is 5.82 Å². The number of carbonyl (C=O) groups excluding carboxylic acids is 3. The van der Waals surface area contributed by atoms with Crippen LogP contribution in [0.5, 0.6) is 0 Å². The van der Waals surface area contributed by atoms with Crippen LogP contribution in [0.4, 0.5) is 10.5 Å². The molecule has 2 aromatic carbocycles. The molecule has 35 heavy (non-hydrogen) atoms. The molecule has 1 saturated heterocycles. The molecule has 0 aliphatic carbocycles. The zero-order valence-electron chi connectivity index (χ0n) is 19.3. The second-order valence-electron chi connectivity index (χ2n) is 8.96. The molecule has 1 fully saturated rings. The number of amides is 4. The third kappa shape index (κ3) is 4.79. The van der Waals surface area contributed by atoms with E-state index in [1.807, 2.05) is 36.4 Å². The number of aromatic nitrogens is 3. The number of fused-ring (bicyclic) bond motifs is 1. The van der Waals surface area contributed by atoms with E-state index >= 15 is 0 Å². The van der Waals surface area contributed by atoms with Gasteiger partial charge in [0, 0.05) is 34.9 Å². The van der Waals surface area contributed by atoms with E-state index in [0.717, 1.165) is 47.9 Å². The third-order valence-electron chi connectivity index (χ3n) is 6.25. The first-order valence-electron chi connectivity index (χ1n) is 11.6. The SMILES string of the molecule is CC1(CSc2ccccc2C(=O)Nc2cccc(-c3nnc4n3CCCCC4)c2)NC(=O)NC1=O. The van der Waals surface area contributed by atoms with E-state index in [-0.39, 0.29) is 11.8 Å². The molecule has 0 bridgehead atoms. The molecule has 0 radical (unpaired) electrons. The van der Waals surface area contributed by atoms with Crippen LogP contribution in [0.2, 0.25) is 0 Å². The molecule has 9 nitrogen and oxygen atoms in total. The summed E-state index contributed by atoms with van der Waals surface area (Å²) in [5, 5.41) is 16.7. The fourth-order valence-electron chi connectivity index (χ4n) is 4.32. The smallest absolute Gasteiger partial charge is 0.322 e. The third-order valence-corrected chi connectivity index (χ3v) is 7.64. The molecule has 2 aliphatic heterocycles. The van der Waals surface area contributed by atoms with Crippen LogP contribution in [0.3, 0.4) is 0 Å². The number of rotatable bonds is 6. The maximum absolute atomic E-state index is 13.2. The summed E-state index contributed by atoms with van der Waals surface area (Å²) in [7, 11) is 0. The normalized spacial score (nSPS) is 19.5. The number of anilines is 1. The lowest BCUT2D eigenvalue weighted by atomic mass is 10.1. The van der Waals surface area contributed by atoms with Gasteiger partial charge >= 0.3 is 6.03 Å². The standard InChI is InChI=1S/C25H26N6O3S/c1-25(23(33)27-24(34)28-25)15-35-19-11-5-4-10-18(19)22(32)26-17-9-7-8-16(14-17)21-30-29-20-12-3-2-6-13-31(20)21/h4-5,7-11,14H,2-3,6,12-13,15H2,1H3,(H,26,32)(H2,27,28,33,34). The fraction of sp³-hybridized carbons (Fsp3) is 0.320. The van der Waals surface area contributed by atoms with Crippen molar-refractivity contribution in [1.82, 2.24) is 25.4 Å². The Hall–Kier alpha value is -3.66. The van der Waals surface area contributed by atoms with Crippen molar-refractivity contribution >= 4 is 35.3 Å².